The molecule has 0 amide bonds. The minimum atomic E-state index is -0.236. The highest BCUT2D eigenvalue weighted by Crippen LogP contribution is 2.25. The molecule has 0 saturated heterocycles. The largest absolute Gasteiger partial charge is 0.315 e. The topological polar surface area (TPSA) is 15.3 Å². The summed E-state index contributed by atoms with van der Waals surface area (Å²) < 4.78 is 13.4. The van der Waals surface area contributed by atoms with Gasteiger partial charge in [-0.15, -0.1) is 0 Å². The molecule has 0 aliphatic heterocycles. The van der Waals surface area contributed by atoms with Gasteiger partial charge in [0.1, 0.15) is 5.82 Å². The molecule has 0 radical (unpaired) electrons. The molecule has 2 nitrogen and oxygen atoms in total. The summed E-state index contributed by atoms with van der Waals surface area (Å²) in [5.74, 6) is -0.236. The molecule has 0 spiro atoms. The normalized spacial score (nSPS) is 13.8. The van der Waals surface area contributed by atoms with Gasteiger partial charge in [-0.1, -0.05) is 25.4 Å². The summed E-state index contributed by atoms with van der Waals surface area (Å²) in [6.45, 7) is 10.7. The van der Waals surface area contributed by atoms with Gasteiger partial charge >= 0.3 is 0 Å². The van der Waals surface area contributed by atoms with E-state index in [1.165, 1.54) is 12.1 Å². The summed E-state index contributed by atoms with van der Waals surface area (Å²) in [5.41, 5.74) is 0.819. The monoisotopic (exact) mass is 300 g/mol. The quantitative estimate of drug-likeness (QED) is 0.825. The molecule has 0 saturated carbocycles. The van der Waals surface area contributed by atoms with Crippen LogP contribution in [-0.2, 0) is 6.42 Å². The van der Waals surface area contributed by atoms with E-state index in [4.69, 9.17) is 11.6 Å². The molecular weight excluding hydrogens is 275 g/mol. The molecule has 0 aliphatic rings. The molecule has 0 heterocycles. The highest BCUT2D eigenvalue weighted by molar-refractivity contribution is 6.31. The van der Waals surface area contributed by atoms with E-state index < -0.39 is 0 Å². The predicted octanol–water partition coefficient (Wildman–Crippen LogP) is 3.73. The second kappa shape index (κ2) is 7.39. The number of nitrogens with zero attached hydrogens (tertiary/aromatic N) is 1. The highest BCUT2D eigenvalue weighted by Gasteiger charge is 2.33. The molecule has 0 aliphatic carbocycles. The lowest BCUT2D eigenvalue weighted by Gasteiger charge is -2.43. The van der Waals surface area contributed by atoms with Crippen molar-refractivity contribution in [3.63, 3.8) is 0 Å². The Morgan fingerprint density at radius 1 is 1.30 bits per heavy atom. The van der Waals surface area contributed by atoms with Gasteiger partial charge in [-0.2, -0.15) is 0 Å². The Morgan fingerprint density at radius 3 is 2.40 bits per heavy atom. The van der Waals surface area contributed by atoms with Gasteiger partial charge in [0.15, 0.2) is 0 Å². The van der Waals surface area contributed by atoms with Gasteiger partial charge in [0.2, 0.25) is 0 Å². The van der Waals surface area contributed by atoms with Crippen LogP contribution in [0.2, 0.25) is 5.02 Å². The number of likely N-dealkylation sites (N-methyl/N-ethyl adjacent to an activating group) is 2. The fourth-order valence-electron chi connectivity index (χ4n) is 2.88. The van der Waals surface area contributed by atoms with Gasteiger partial charge < -0.3 is 5.32 Å². The summed E-state index contributed by atoms with van der Waals surface area (Å²) >= 11 is 6.19. The molecule has 1 unspecified atom stereocenters. The van der Waals surface area contributed by atoms with E-state index in [0.29, 0.717) is 11.4 Å². The van der Waals surface area contributed by atoms with Crippen LogP contribution in [0.1, 0.15) is 33.3 Å². The van der Waals surface area contributed by atoms with Crippen molar-refractivity contribution in [1.29, 1.82) is 0 Å². The van der Waals surface area contributed by atoms with E-state index in [9.17, 15) is 4.39 Å². The lowest BCUT2D eigenvalue weighted by Crippen LogP contribution is -2.57. The van der Waals surface area contributed by atoms with Crippen LogP contribution in [0, 0.1) is 5.82 Å². The van der Waals surface area contributed by atoms with E-state index in [-0.39, 0.29) is 17.4 Å². The first-order valence-corrected chi connectivity index (χ1v) is 7.60. The summed E-state index contributed by atoms with van der Waals surface area (Å²) in [7, 11) is 1.95. The van der Waals surface area contributed by atoms with Crippen LogP contribution in [0.5, 0.6) is 0 Å². The van der Waals surface area contributed by atoms with Crippen LogP contribution in [0.4, 0.5) is 4.39 Å². The molecule has 20 heavy (non-hydrogen) atoms. The molecule has 1 rings (SSSR count). The van der Waals surface area contributed by atoms with Gasteiger partial charge in [-0.05, 0) is 64.2 Å². The Kier molecular flexibility index (Phi) is 6.44. The second-order valence-corrected chi connectivity index (χ2v) is 6.01. The first-order valence-electron chi connectivity index (χ1n) is 7.23. The van der Waals surface area contributed by atoms with E-state index in [1.54, 1.807) is 6.07 Å². The first kappa shape index (κ1) is 17.4. The Hall–Kier alpha value is -0.640. The van der Waals surface area contributed by atoms with E-state index in [2.05, 4.69) is 37.9 Å². The summed E-state index contributed by atoms with van der Waals surface area (Å²) in [5, 5.41) is 3.99. The number of hydrogen-bond donors (Lipinski definition) is 1. The van der Waals surface area contributed by atoms with Crippen molar-refractivity contribution in [2.24, 2.45) is 0 Å². The fourth-order valence-corrected chi connectivity index (χ4v) is 3.08. The lowest BCUT2D eigenvalue weighted by molar-refractivity contribution is 0.0943. The van der Waals surface area contributed by atoms with Crippen molar-refractivity contribution in [2.45, 2.75) is 45.7 Å². The van der Waals surface area contributed by atoms with Crippen molar-refractivity contribution in [2.75, 3.05) is 20.1 Å². The maximum Gasteiger partial charge on any atom is 0.123 e. The lowest BCUT2D eigenvalue weighted by atomic mass is 9.87. The average molecular weight is 301 g/mol. The number of rotatable bonds is 7. The van der Waals surface area contributed by atoms with Crippen molar-refractivity contribution >= 4 is 11.6 Å². The van der Waals surface area contributed by atoms with Crippen LogP contribution in [0.25, 0.3) is 0 Å². The Balaban J connectivity index is 2.99. The second-order valence-electron chi connectivity index (χ2n) is 5.61. The van der Waals surface area contributed by atoms with E-state index in [1.807, 2.05) is 7.05 Å². The van der Waals surface area contributed by atoms with Gasteiger partial charge in [-0.3, -0.25) is 4.90 Å². The highest BCUT2D eigenvalue weighted by atomic mass is 35.5. The molecule has 1 aromatic rings. The zero-order chi connectivity index (χ0) is 15.3. The maximum atomic E-state index is 13.4. The molecule has 0 fully saturated rings. The third kappa shape index (κ3) is 3.94. The molecule has 114 valence electrons. The SMILES string of the molecule is CCN(CC)C(C)(C)C(Cc1cc(F)ccc1Cl)NC. The number of hydrogen-bond acceptors (Lipinski definition) is 2. The molecule has 1 atom stereocenters. The minimum absolute atomic E-state index is 0.0338. The number of nitrogens with one attached hydrogen (secondary N) is 1. The van der Waals surface area contributed by atoms with Gasteiger partial charge in [0, 0.05) is 16.6 Å². The smallest absolute Gasteiger partial charge is 0.123 e. The molecular formula is C16H26ClFN2. The minimum Gasteiger partial charge on any atom is -0.315 e. The van der Waals surface area contributed by atoms with Crippen molar-refractivity contribution < 1.29 is 4.39 Å². The Labute approximate surface area is 127 Å². The molecule has 1 aromatic carbocycles. The third-order valence-electron chi connectivity index (χ3n) is 4.21. The standard InChI is InChI=1S/C16H26ClFN2/c1-6-20(7-2)16(3,4)15(19-5)11-12-10-13(18)8-9-14(12)17/h8-10,15,19H,6-7,11H2,1-5H3. The van der Waals surface area contributed by atoms with Crippen LogP contribution in [0.3, 0.4) is 0 Å². The maximum absolute atomic E-state index is 13.4. The van der Waals surface area contributed by atoms with Crippen LogP contribution >= 0.6 is 11.6 Å². The zero-order valence-corrected chi connectivity index (χ0v) is 13.9. The van der Waals surface area contributed by atoms with E-state index >= 15 is 0 Å². The van der Waals surface area contributed by atoms with Crippen LogP contribution < -0.4 is 5.32 Å². The third-order valence-corrected chi connectivity index (χ3v) is 4.58. The van der Waals surface area contributed by atoms with Gasteiger partial charge in [0.05, 0.1) is 0 Å². The van der Waals surface area contributed by atoms with Gasteiger partial charge in [-0.25, -0.2) is 4.39 Å². The van der Waals surface area contributed by atoms with Crippen LogP contribution in [0.15, 0.2) is 18.2 Å². The summed E-state index contributed by atoms with van der Waals surface area (Å²) in [6, 6.07) is 4.76. The van der Waals surface area contributed by atoms with E-state index in [0.717, 1.165) is 18.7 Å². The predicted molar refractivity (Wildman–Crippen MR) is 85.0 cm³/mol. The number of benzene rings is 1. The van der Waals surface area contributed by atoms with Crippen molar-refractivity contribution in [1.82, 2.24) is 10.2 Å². The van der Waals surface area contributed by atoms with Gasteiger partial charge in [0.25, 0.3) is 0 Å². The molecule has 0 aromatic heterocycles. The summed E-state index contributed by atoms with van der Waals surface area (Å²) in [4.78, 5) is 2.40. The van der Waals surface area contributed by atoms with Crippen molar-refractivity contribution in [3.8, 4) is 0 Å². The van der Waals surface area contributed by atoms with Crippen LogP contribution in [-0.4, -0.2) is 36.6 Å². The molecule has 1 N–H and O–H groups in total. The first-order chi connectivity index (χ1) is 9.36. The average Bonchev–Trinajstić information content (AvgIpc) is 2.40. The zero-order valence-electron chi connectivity index (χ0n) is 13.1. The fraction of sp³-hybridized carbons (Fsp3) is 0.625. The Morgan fingerprint density at radius 2 is 1.90 bits per heavy atom. The number of halogens is 2. The van der Waals surface area contributed by atoms with Crippen molar-refractivity contribution in [3.05, 3.63) is 34.6 Å². The molecule has 4 heteroatoms. The molecule has 0 bridgehead atoms. The summed E-state index contributed by atoms with van der Waals surface area (Å²) in [6.07, 6.45) is 0.705. The Bertz CT molecular complexity index is 430.